The van der Waals surface area contributed by atoms with E-state index in [2.05, 4.69) is 27.2 Å². The zero-order chi connectivity index (χ0) is 47.4. The standard InChI is InChI=1S/C45H76N4O15/c1-5-6-22-46-37(55)19-10-8-7-9-18-34(54)33(49-39(57)21-13-16-25-62-45-29(2)41(58)42(59)36(28-51)64-45)17-11-14-23-47-38(56)20-12-15-24-61-35-26-32(27-50)44(63-31(4)53)43(60)40(35)48-30(3)52/h1,29,32-33,35-36,40-45,50-51,58-60H,6-28H2,2-4H3,(H,46,55)(H,47,56)(H,48,52)(H,49,57)/t29?,32?,33-,35?,36?,40?,41?,42?,43?,44?,45?/m1/s1. The van der Waals surface area contributed by atoms with Gasteiger partial charge in [-0.15, -0.1) is 12.3 Å². The van der Waals surface area contributed by atoms with Crippen LogP contribution in [0.2, 0.25) is 0 Å². The summed E-state index contributed by atoms with van der Waals surface area (Å²) in [6, 6.07) is -1.55. The van der Waals surface area contributed by atoms with Crippen molar-refractivity contribution in [3.8, 4) is 12.3 Å². The van der Waals surface area contributed by atoms with Crippen LogP contribution in [0.4, 0.5) is 0 Å². The molecule has 2 aliphatic rings. The van der Waals surface area contributed by atoms with Gasteiger partial charge < -0.3 is 65.7 Å². The number of terminal acetylenes is 1. The summed E-state index contributed by atoms with van der Waals surface area (Å²) >= 11 is 0. The van der Waals surface area contributed by atoms with Crippen molar-refractivity contribution in [2.24, 2.45) is 11.8 Å². The molecular formula is C45H76N4O15. The van der Waals surface area contributed by atoms with Crippen LogP contribution in [0.5, 0.6) is 0 Å². The molecular weight excluding hydrogens is 837 g/mol. The monoisotopic (exact) mass is 913 g/mol. The molecule has 19 nitrogen and oxygen atoms in total. The number of ketones is 1. The number of carbonyl (C=O) groups is 6. The number of esters is 1. The van der Waals surface area contributed by atoms with E-state index >= 15 is 0 Å². The number of Topliss-reactive ketones (excluding diaryl/α,β-unsaturated/α-hetero) is 1. The van der Waals surface area contributed by atoms with Gasteiger partial charge in [0, 0.05) is 90.7 Å². The van der Waals surface area contributed by atoms with Gasteiger partial charge in [0.2, 0.25) is 23.6 Å². The molecule has 64 heavy (non-hydrogen) atoms. The minimum absolute atomic E-state index is 0.0554. The van der Waals surface area contributed by atoms with E-state index < -0.39 is 85.3 Å². The van der Waals surface area contributed by atoms with E-state index in [9.17, 15) is 54.3 Å². The predicted octanol–water partition coefficient (Wildman–Crippen LogP) is 0.434. The summed E-state index contributed by atoms with van der Waals surface area (Å²) in [5.41, 5.74) is 0. The summed E-state index contributed by atoms with van der Waals surface area (Å²) in [5, 5.41) is 61.7. The first kappa shape index (κ1) is 56.4. The van der Waals surface area contributed by atoms with Crippen molar-refractivity contribution in [1.82, 2.24) is 21.3 Å². The summed E-state index contributed by atoms with van der Waals surface area (Å²) in [5.74, 6) is -0.227. The van der Waals surface area contributed by atoms with Crippen molar-refractivity contribution in [2.45, 2.75) is 185 Å². The van der Waals surface area contributed by atoms with Crippen LogP contribution >= 0.6 is 0 Å². The molecule has 1 saturated carbocycles. The lowest BCUT2D eigenvalue weighted by molar-refractivity contribution is -0.282. The SMILES string of the molecule is C#CCCNC(=O)CCCCCCC(=O)[C@@H](CCCCNC(=O)CCCCOC1CC(CO)C(OC(C)=O)C(O)C1NC(C)=O)NC(=O)CCCCOC1OC(CO)C(O)C(O)C1C. The molecule has 0 aromatic carbocycles. The Hall–Kier alpha value is -3.74. The lowest BCUT2D eigenvalue weighted by Crippen LogP contribution is -2.62. The van der Waals surface area contributed by atoms with Gasteiger partial charge in [0.1, 0.15) is 24.4 Å². The number of unbranched alkanes of at least 4 members (excludes halogenated alkanes) is 6. The third-order valence-electron chi connectivity index (χ3n) is 11.5. The average molecular weight is 913 g/mol. The fourth-order valence-corrected chi connectivity index (χ4v) is 7.87. The van der Waals surface area contributed by atoms with Gasteiger partial charge in [-0.3, -0.25) is 28.8 Å². The first-order chi connectivity index (χ1) is 30.6. The number of amides is 4. The summed E-state index contributed by atoms with van der Waals surface area (Å²) in [4.78, 5) is 74.3. The van der Waals surface area contributed by atoms with E-state index in [0.717, 1.165) is 12.8 Å². The summed E-state index contributed by atoms with van der Waals surface area (Å²) in [7, 11) is 0. The summed E-state index contributed by atoms with van der Waals surface area (Å²) in [6.07, 6.45) is 6.25. The first-order valence-corrected chi connectivity index (χ1v) is 23.0. The molecule has 2 fully saturated rings. The quantitative estimate of drug-likeness (QED) is 0.0252. The topological polar surface area (TPSA) is 289 Å². The molecule has 0 bridgehead atoms. The summed E-state index contributed by atoms with van der Waals surface area (Å²) < 4.78 is 22.6. The van der Waals surface area contributed by atoms with E-state index in [0.29, 0.717) is 83.7 Å². The molecule has 0 radical (unpaired) electrons. The van der Waals surface area contributed by atoms with E-state index in [1.54, 1.807) is 6.92 Å². The first-order valence-electron chi connectivity index (χ1n) is 23.0. The Balaban J connectivity index is 1.78. The van der Waals surface area contributed by atoms with Gasteiger partial charge in [-0.05, 0) is 64.2 Å². The molecule has 366 valence electrons. The molecule has 1 aliphatic carbocycles. The van der Waals surface area contributed by atoms with Crippen LogP contribution in [0, 0.1) is 24.2 Å². The molecule has 0 aromatic rings. The average Bonchev–Trinajstić information content (AvgIpc) is 3.25. The number of carbonyl (C=O) groups excluding carboxylic acids is 6. The van der Waals surface area contributed by atoms with Crippen LogP contribution in [-0.2, 0) is 47.7 Å². The number of nitrogens with one attached hydrogen (secondary N) is 4. The molecule has 10 unspecified atom stereocenters. The van der Waals surface area contributed by atoms with Gasteiger partial charge in [0.05, 0.1) is 30.9 Å². The highest BCUT2D eigenvalue weighted by Gasteiger charge is 2.47. The second-order valence-electron chi connectivity index (χ2n) is 16.9. The molecule has 4 amide bonds. The number of hydrogen-bond donors (Lipinski definition) is 9. The number of rotatable bonds is 32. The maximum Gasteiger partial charge on any atom is 0.303 e. The Morgan fingerprint density at radius 3 is 1.95 bits per heavy atom. The van der Waals surface area contributed by atoms with Gasteiger partial charge in [0.15, 0.2) is 12.1 Å². The van der Waals surface area contributed by atoms with E-state index in [1.165, 1.54) is 13.8 Å². The number of aliphatic hydroxyl groups excluding tert-OH is 5. The molecule has 9 N–H and O–H groups in total. The Labute approximate surface area is 377 Å². The van der Waals surface area contributed by atoms with Gasteiger partial charge in [0.25, 0.3) is 0 Å². The number of aliphatic hydroxyl groups is 5. The van der Waals surface area contributed by atoms with Crippen LogP contribution in [-0.4, -0.2) is 155 Å². The molecule has 1 aliphatic heterocycles. The molecule has 2 rings (SSSR count). The molecule has 11 atom stereocenters. The van der Waals surface area contributed by atoms with Gasteiger partial charge in [-0.2, -0.15) is 0 Å². The zero-order valence-corrected chi connectivity index (χ0v) is 38.0. The zero-order valence-electron chi connectivity index (χ0n) is 38.0. The molecule has 0 spiro atoms. The molecule has 1 saturated heterocycles. The van der Waals surface area contributed by atoms with E-state index in [1.807, 2.05) is 0 Å². The van der Waals surface area contributed by atoms with Crippen molar-refractivity contribution in [3.05, 3.63) is 0 Å². The molecule has 1 heterocycles. The van der Waals surface area contributed by atoms with Crippen molar-refractivity contribution in [2.75, 3.05) is 39.5 Å². The lowest BCUT2D eigenvalue weighted by Gasteiger charge is -2.43. The highest BCUT2D eigenvalue weighted by atomic mass is 16.7. The van der Waals surface area contributed by atoms with Crippen molar-refractivity contribution in [3.63, 3.8) is 0 Å². The third-order valence-corrected chi connectivity index (χ3v) is 11.5. The highest BCUT2D eigenvalue weighted by molar-refractivity contribution is 5.89. The number of hydrogen-bond acceptors (Lipinski definition) is 15. The van der Waals surface area contributed by atoms with E-state index in [4.69, 9.17) is 25.4 Å². The Morgan fingerprint density at radius 2 is 1.34 bits per heavy atom. The minimum Gasteiger partial charge on any atom is -0.459 e. The van der Waals surface area contributed by atoms with Crippen molar-refractivity contribution >= 4 is 35.4 Å². The normalized spacial score (nSPS) is 25.9. The van der Waals surface area contributed by atoms with Gasteiger partial charge in [-0.1, -0.05) is 19.8 Å². The van der Waals surface area contributed by atoms with Crippen LogP contribution < -0.4 is 21.3 Å². The van der Waals surface area contributed by atoms with Gasteiger partial charge >= 0.3 is 5.97 Å². The van der Waals surface area contributed by atoms with E-state index in [-0.39, 0.29) is 69.0 Å². The van der Waals surface area contributed by atoms with Crippen LogP contribution in [0.25, 0.3) is 0 Å². The highest BCUT2D eigenvalue weighted by Crippen LogP contribution is 2.31. The minimum atomic E-state index is -1.28. The van der Waals surface area contributed by atoms with Crippen LogP contribution in [0.1, 0.15) is 130 Å². The smallest absolute Gasteiger partial charge is 0.303 e. The fraction of sp³-hybridized carbons (Fsp3) is 0.822. The van der Waals surface area contributed by atoms with Gasteiger partial charge in [-0.25, -0.2) is 0 Å². The van der Waals surface area contributed by atoms with Crippen molar-refractivity contribution in [1.29, 1.82) is 0 Å². The molecule has 0 aromatic heterocycles. The predicted molar refractivity (Wildman–Crippen MR) is 233 cm³/mol. The Kier molecular flexibility index (Phi) is 28.2. The second-order valence-corrected chi connectivity index (χ2v) is 16.9. The number of ether oxygens (including phenoxy) is 4. The van der Waals surface area contributed by atoms with Crippen molar-refractivity contribution < 1.29 is 73.2 Å². The largest absolute Gasteiger partial charge is 0.459 e. The summed E-state index contributed by atoms with van der Waals surface area (Å²) in [6.45, 7) is 4.62. The maximum atomic E-state index is 13.3. The Bertz CT molecular complexity index is 1460. The Morgan fingerprint density at radius 1 is 0.734 bits per heavy atom. The third kappa shape index (κ3) is 21.5. The second kappa shape index (κ2) is 32.0. The van der Waals surface area contributed by atoms with Crippen LogP contribution in [0.3, 0.4) is 0 Å². The maximum absolute atomic E-state index is 13.3. The lowest BCUT2D eigenvalue weighted by atomic mass is 9.79. The van der Waals surface area contributed by atoms with Crippen LogP contribution in [0.15, 0.2) is 0 Å². The fourth-order valence-electron chi connectivity index (χ4n) is 7.87. The molecule has 19 heteroatoms.